The highest BCUT2D eigenvalue weighted by molar-refractivity contribution is 6.27. The van der Waals surface area contributed by atoms with E-state index in [0.29, 0.717) is 0 Å². The average molecular weight is 209 g/mol. The third-order valence-corrected chi connectivity index (χ3v) is 1.93. The second-order valence-electron chi connectivity index (χ2n) is 2.67. The fourth-order valence-electron chi connectivity index (χ4n) is 1.04. The van der Waals surface area contributed by atoms with E-state index in [1.807, 2.05) is 24.3 Å². The molecule has 1 atom stereocenters. The lowest BCUT2D eigenvalue weighted by atomic mass is 10.1. The molecular formula is C10H9ClN2O. The van der Waals surface area contributed by atoms with Crippen LogP contribution in [0.15, 0.2) is 30.3 Å². The molecular weight excluding hydrogens is 200 g/mol. The molecule has 1 rings (SSSR count). The van der Waals surface area contributed by atoms with Crippen LogP contribution in [0.25, 0.3) is 0 Å². The predicted octanol–water partition coefficient (Wildman–Crippen LogP) is 1.61. The van der Waals surface area contributed by atoms with Gasteiger partial charge in [0, 0.05) is 0 Å². The monoisotopic (exact) mass is 208 g/mol. The standard InChI is InChI=1S/C10H9ClN2O/c11-6-10(14)13-9(7-12)8-4-2-1-3-5-8/h1-5,9H,6H2,(H,13,14)/t9-/m1/s1. The molecule has 0 aromatic heterocycles. The Morgan fingerprint density at radius 1 is 1.50 bits per heavy atom. The molecule has 14 heavy (non-hydrogen) atoms. The van der Waals surface area contributed by atoms with E-state index in [-0.39, 0.29) is 11.8 Å². The lowest BCUT2D eigenvalue weighted by Gasteiger charge is -2.09. The van der Waals surface area contributed by atoms with Crippen molar-refractivity contribution in [2.75, 3.05) is 5.88 Å². The Balaban J connectivity index is 2.74. The summed E-state index contributed by atoms with van der Waals surface area (Å²) in [6.45, 7) is 0. The number of amides is 1. The molecule has 0 heterocycles. The molecule has 0 saturated carbocycles. The Hall–Kier alpha value is -1.53. The molecule has 0 aliphatic rings. The first-order chi connectivity index (χ1) is 6.77. The molecule has 4 heteroatoms. The maximum atomic E-state index is 11.0. The van der Waals surface area contributed by atoms with Crippen LogP contribution < -0.4 is 5.32 Å². The Bertz CT molecular complexity index is 345. The lowest BCUT2D eigenvalue weighted by molar-refractivity contribution is -0.119. The zero-order chi connectivity index (χ0) is 10.4. The van der Waals surface area contributed by atoms with Crippen molar-refractivity contribution in [3.05, 3.63) is 35.9 Å². The minimum Gasteiger partial charge on any atom is -0.336 e. The van der Waals surface area contributed by atoms with Crippen LogP contribution in [0.4, 0.5) is 0 Å². The zero-order valence-electron chi connectivity index (χ0n) is 7.40. The van der Waals surface area contributed by atoms with Crippen molar-refractivity contribution < 1.29 is 4.79 Å². The SMILES string of the molecule is N#C[C@@H](NC(=O)CCl)c1ccccc1. The van der Waals surface area contributed by atoms with Crippen molar-refractivity contribution in [1.82, 2.24) is 5.32 Å². The molecule has 0 aliphatic carbocycles. The fraction of sp³-hybridized carbons (Fsp3) is 0.200. The fourth-order valence-corrected chi connectivity index (χ4v) is 1.11. The van der Waals surface area contributed by atoms with Gasteiger partial charge in [0.2, 0.25) is 5.91 Å². The molecule has 1 N–H and O–H groups in total. The summed E-state index contributed by atoms with van der Waals surface area (Å²) >= 11 is 5.32. The van der Waals surface area contributed by atoms with Gasteiger partial charge in [-0.25, -0.2) is 0 Å². The zero-order valence-corrected chi connectivity index (χ0v) is 8.16. The highest BCUT2D eigenvalue weighted by Gasteiger charge is 2.11. The quantitative estimate of drug-likeness (QED) is 0.768. The molecule has 1 aromatic rings. The van der Waals surface area contributed by atoms with Crippen molar-refractivity contribution in [1.29, 1.82) is 5.26 Å². The number of nitrogens with zero attached hydrogens (tertiary/aromatic N) is 1. The van der Waals surface area contributed by atoms with E-state index in [9.17, 15) is 4.79 Å². The van der Waals surface area contributed by atoms with Crippen molar-refractivity contribution in [2.24, 2.45) is 0 Å². The number of hydrogen-bond acceptors (Lipinski definition) is 2. The van der Waals surface area contributed by atoms with Gasteiger partial charge in [0.25, 0.3) is 0 Å². The largest absolute Gasteiger partial charge is 0.336 e. The third-order valence-electron chi connectivity index (χ3n) is 1.69. The van der Waals surface area contributed by atoms with Crippen molar-refractivity contribution >= 4 is 17.5 Å². The van der Waals surface area contributed by atoms with Gasteiger partial charge in [-0.2, -0.15) is 5.26 Å². The van der Waals surface area contributed by atoms with Crippen molar-refractivity contribution in [3.63, 3.8) is 0 Å². The van der Waals surface area contributed by atoms with Crippen LogP contribution in [0.5, 0.6) is 0 Å². The number of rotatable bonds is 3. The maximum absolute atomic E-state index is 11.0. The Kier molecular flexibility index (Phi) is 3.96. The van der Waals surface area contributed by atoms with E-state index in [0.717, 1.165) is 5.56 Å². The normalized spacial score (nSPS) is 11.4. The average Bonchev–Trinajstić information content (AvgIpc) is 2.26. The van der Waals surface area contributed by atoms with Crippen molar-refractivity contribution in [2.45, 2.75) is 6.04 Å². The first-order valence-electron chi connectivity index (χ1n) is 4.08. The molecule has 0 spiro atoms. The van der Waals surface area contributed by atoms with Gasteiger partial charge in [-0.3, -0.25) is 4.79 Å². The van der Waals surface area contributed by atoms with Crippen LogP contribution in [0.1, 0.15) is 11.6 Å². The summed E-state index contributed by atoms with van der Waals surface area (Å²) < 4.78 is 0. The summed E-state index contributed by atoms with van der Waals surface area (Å²) in [5, 5.41) is 11.3. The van der Waals surface area contributed by atoms with Crippen molar-refractivity contribution in [3.8, 4) is 6.07 Å². The van der Waals surface area contributed by atoms with Gasteiger partial charge in [0.1, 0.15) is 11.9 Å². The molecule has 0 unspecified atom stereocenters. The van der Waals surface area contributed by atoms with Crippen LogP contribution >= 0.6 is 11.6 Å². The lowest BCUT2D eigenvalue weighted by Crippen LogP contribution is -2.28. The Labute approximate surface area is 87.3 Å². The Morgan fingerprint density at radius 2 is 2.14 bits per heavy atom. The number of carbonyl (C=O) groups is 1. The van der Waals surface area contributed by atoms with Crippen LogP contribution in [-0.2, 0) is 4.79 Å². The van der Waals surface area contributed by atoms with E-state index in [1.54, 1.807) is 12.1 Å². The molecule has 72 valence electrons. The number of halogens is 1. The van der Waals surface area contributed by atoms with Crippen LogP contribution in [0.3, 0.4) is 0 Å². The Morgan fingerprint density at radius 3 is 2.64 bits per heavy atom. The van der Waals surface area contributed by atoms with E-state index in [4.69, 9.17) is 16.9 Å². The minimum absolute atomic E-state index is 0.134. The van der Waals surface area contributed by atoms with Gasteiger partial charge >= 0.3 is 0 Å². The van der Waals surface area contributed by atoms with Gasteiger partial charge in [0.05, 0.1) is 6.07 Å². The summed E-state index contributed by atoms with van der Waals surface area (Å²) in [6.07, 6.45) is 0. The van der Waals surface area contributed by atoms with E-state index in [2.05, 4.69) is 5.32 Å². The number of nitriles is 1. The molecule has 1 aromatic carbocycles. The second kappa shape index (κ2) is 5.25. The van der Waals surface area contributed by atoms with Gasteiger partial charge in [-0.05, 0) is 5.56 Å². The number of benzene rings is 1. The third kappa shape index (κ3) is 2.75. The van der Waals surface area contributed by atoms with Gasteiger partial charge < -0.3 is 5.32 Å². The number of nitrogens with one attached hydrogen (secondary N) is 1. The summed E-state index contributed by atoms with van der Waals surface area (Å²) in [4.78, 5) is 11.0. The molecule has 0 aliphatic heterocycles. The molecule has 0 bridgehead atoms. The maximum Gasteiger partial charge on any atom is 0.236 e. The summed E-state index contributed by atoms with van der Waals surface area (Å²) in [5.74, 6) is -0.479. The van der Waals surface area contributed by atoms with Crippen LogP contribution in [0.2, 0.25) is 0 Å². The summed E-state index contributed by atoms with van der Waals surface area (Å²) in [6, 6.07) is 10.4. The number of alkyl halides is 1. The molecule has 0 saturated heterocycles. The molecule has 1 amide bonds. The topological polar surface area (TPSA) is 52.9 Å². The number of carbonyl (C=O) groups excluding carboxylic acids is 1. The van der Waals surface area contributed by atoms with Gasteiger partial charge in [0.15, 0.2) is 0 Å². The molecule has 0 radical (unpaired) electrons. The van der Waals surface area contributed by atoms with Gasteiger partial charge in [-0.1, -0.05) is 30.3 Å². The number of hydrogen-bond donors (Lipinski definition) is 1. The minimum atomic E-state index is -0.623. The predicted molar refractivity (Wildman–Crippen MR) is 53.7 cm³/mol. The van der Waals surface area contributed by atoms with Crippen LogP contribution in [-0.4, -0.2) is 11.8 Å². The second-order valence-corrected chi connectivity index (χ2v) is 2.94. The molecule has 3 nitrogen and oxygen atoms in total. The smallest absolute Gasteiger partial charge is 0.236 e. The highest BCUT2D eigenvalue weighted by Crippen LogP contribution is 2.10. The first-order valence-corrected chi connectivity index (χ1v) is 4.61. The van der Waals surface area contributed by atoms with Crippen LogP contribution in [0, 0.1) is 11.3 Å². The van der Waals surface area contributed by atoms with E-state index in [1.165, 1.54) is 0 Å². The molecule has 0 fully saturated rings. The summed E-state index contributed by atoms with van der Waals surface area (Å²) in [7, 11) is 0. The van der Waals surface area contributed by atoms with E-state index < -0.39 is 6.04 Å². The first kappa shape index (κ1) is 10.6. The van der Waals surface area contributed by atoms with Gasteiger partial charge in [-0.15, -0.1) is 11.6 Å². The highest BCUT2D eigenvalue weighted by atomic mass is 35.5. The van der Waals surface area contributed by atoms with E-state index >= 15 is 0 Å². The summed E-state index contributed by atoms with van der Waals surface area (Å²) in [5.41, 5.74) is 0.758.